The smallest absolute Gasteiger partial charge is 0.424 e. The Morgan fingerprint density at radius 2 is 1.78 bits per heavy atom. The summed E-state index contributed by atoms with van der Waals surface area (Å²) in [5, 5.41) is 17.1. The lowest BCUT2D eigenvalue weighted by Gasteiger charge is -2.31. The highest BCUT2D eigenvalue weighted by Gasteiger charge is 2.75. The lowest BCUT2D eigenvalue weighted by atomic mass is 9.87. The number of anilines is 2. The first-order chi connectivity index (χ1) is 23.2. The van der Waals surface area contributed by atoms with Gasteiger partial charge in [0.15, 0.2) is 5.75 Å². The van der Waals surface area contributed by atoms with E-state index in [2.05, 4.69) is 30.6 Å². The molecular formula is C34H27F4N7O4. The number of benzene rings is 2. The molecule has 0 spiro atoms. The number of hydrogen-bond acceptors (Lipinski definition) is 9. The van der Waals surface area contributed by atoms with Crippen molar-refractivity contribution >= 4 is 34.4 Å². The van der Waals surface area contributed by atoms with Crippen molar-refractivity contribution in [1.29, 1.82) is 0 Å². The number of aromatic nitrogens is 4. The number of rotatable bonds is 8. The maximum atomic E-state index is 14.9. The Morgan fingerprint density at radius 3 is 2.45 bits per heavy atom. The number of pyridine rings is 2. The highest BCUT2D eigenvalue weighted by molar-refractivity contribution is 6.03. The third-order valence-corrected chi connectivity index (χ3v) is 9.09. The fourth-order valence-electron chi connectivity index (χ4n) is 6.43. The molecule has 1 fully saturated rings. The van der Waals surface area contributed by atoms with Gasteiger partial charge in [0.1, 0.15) is 23.0 Å². The van der Waals surface area contributed by atoms with Crippen LogP contribution in [0.1, 0.15) is 34.1 Å². The van der Waals surface area contributed by atoms with Gasteiger partial charge in [-0.05, 0) is 67.1 Å². The first-order valence-electron chi connectivity index (χ1n) is 15.0. The molecule has 4 atom stereocenters. The molecule has 0 saturated heterocycles. The molecule has 2 aromatic carbocycles. The maximum absolute atomic E-state index is 14.9. The summed E-state index contributed by atoms with van der Waals surface area (Å²) in [7, 11) is 0. The average molecular weight is 674 g/mol. The molecule has 2 aliphatic rings. The van der Waals surface area contributed by atoms with Crippen molar-refractivity contribution in [2.24, 2.45) is 11.7 Å². The number of fused-ring (bicyclic) bond motifs is 4. The van der Waals surface area contributed by atoms with Crippen LogP contribution in [0.2, 0.25) is 0 Å². The van der Waals surface area contributed by atoms with Crippen molar-refractivity contribution < 1.29 is 37.0 Å². The van der Waals surface area contributed by atoms with Crippen molar-refractivity contribution in [2.45, 2.75) is 37.1 Å². The summed E-state index contributed by atoms with van der Waals surface area (Å²) in [4.78, 5) is 43.1. The fraction of sp³-hybridized carbons (Fsp3) is 0.235. The molecule has 0 radical (unpaired) electrons. The molecule has 1 aliphatic carbocycles. The lowest BCUT2D eigenvalue weighted by Crippen LogP contribution is -2.51. The van der Waals surface area contributed by atoms with Gasteiger partial charge in [-0.15, -0.1) is 0 Å². The van der Waals surface area contributed by atoms with Crippen molar-refractivity contribution in [3.8, 4) is 17.0 Å². The number of nitrogens with two attached hydrogens (primary N) is 1. The van der Waals surface area contributed by atoms with Gasteiger partial charge < -0.3 is 26.2 Å². The van der Waals surface area contributed by atoms with Gasteiger partial charge in [-0.25, -0.2) is 19.3 Å². The van der Waals surface area contributed by atoms with E-state index in [9.17, 15) is 32.3 Å². The zero-order valence-corrected chi connectivity index (χ0v) is 25.8. The molecule has 3 aromatic heterocycles. The van der Waals surface area contributed by atoms with Crippen LogP contribution in [0.4, 0.5) is 29.2 Å². The van der Waals surface area contributed by atoms with Gasteiger partial charge in [0.05, 0.1) is 23.4 Å². The molecule has 15 heteroatoms. The second-order valence-corrected chi connectivity index (χ2v) is 12.1. The minimum Gasteiger partial charge on any atom is -0.486 e. The summed E-state index contributed by atoms with van der Waals surface area (Å²) < 4.78 is 64.6. The molecular weight excluding hydrogens is 646 g/mol. The number of amides is 2. The standard InChI is InChI=1S/C34H27F4N7O4/c1-16-10-19-11-20(12-23(25(19)42-14-16)44-31-40-8-3-9-41-31)29(46)43-15-32(48,34(36,37)38)24-13-22-27(49-28-17(2)33(22,28)30(39)47)26(45-24)18-4-6-21(35)7-5-18/h3-14,17,28,48H,15H2,1-2H3,(H2,39,47)(H,43,46)(H,40,41,44)/t17?,28?,32?,33-/m1/s1. The summed E-state index contributed by atoms with van der Waals surface area (Å²) in [5.74, 6) is -2.64. The number of nitrogens with zero attached hydrogens (tertiary/aromatic N) is 4. The van der Waals surface area contributed by atoms with E-state index in [0.29, 0.717) is 16.6 Å². The fourth-order valence-corrected chi connectivity index (χ4v) is 6.43. The topological polar surface area (TPSA) is 165 Å². The van der Waals surface area contributed by atoms with Crippen LogP contribution in [0.3, 0.4) is 0 Å². The molecule has 1 aliphatic heterocycles. The molecule has 0 bridgehead atoms. The molecule has 1 saturated carbocycles. The minimum absolute atomic E-state index is 0.00769. The third-order valence-electron chi connectivity index (χ3n) is 9.09. The number of aliphatic hydroxyl groups is 1. The number of carbonyl (C=O) groups excluding carboxylic acids is 2. The zero-order chi connectivity index (χ0) is 34.9. The lowest BCUT2D eigenvalue weighted by molar-refractivity contribution is -0.265. The Hall–Kier alpha value is -5.70. The molecule has 49 heavy (non-hydrogen) atoms. The quantitative estimate of drug-likeness (QED) is 0.172. The molecule has 7 rings (SSSR count). The van der Waals surface area contributed by atoms with Crippen molar-refractivity contribution in [2.75, 3.05) is 11.9 Å². The highest BCUT2D eigenvalue weighted by atomic mass is 19.4. The number of primary amides is 1. The molecule has 3 unspecified atom stereocenters. The summed E-state index contributed by atoms with van der Waals surface area (Å²) in [6.07, 6.45) is -1.52. The Kier molecular flexibility index (Phi) is 7.28. The van der Waals surface area contributed by atoms with Crippen LogP contribution < -0.4 is 21.1 Å². The average Bonchev–Trinajstić information content (AvgIpc) is 3.48. The van der Waals surface area contributed by atoms with E-state index < -0.39 is 59.1 Å². The number of carbonyl (C=O) groups is 2. The van der Waals surface area contributed by atoms with Crippen LogP contribution in [0.15, 0.2) is 73.2 Å². The number of halogens is 4. The molecule has 4 heterocycles. The van der Waals surface area contributed by atoms with Crippen LogP contribution in [0.25, 0.3) is 22.2 Å². The van der Waals surface area contributed by atoms with Crippen LogP contribution >= 0.6 is 0 Å². The van der Waals surface area contributed by atoms with E-state index in [4.69, 9.17) is 10.5 Å². The molecule has 11 nitrogen and oxygen atoms in total. The van der Waals surface area contributed by atoms with Crippen LogP contribution in [-0.2, 0) is 15.8 Å². The van der Waals surface area contributed by atoms with Gasteiger partial charge in [-0.2, -0.15) is 13.2 Å². The Balaban J connectivity index is 1.28. The normalized spacial score (nSPS) is 20.5. The van der Waals surface area contributed by atoms with Crippen molar-refractivity contribution in [3.63, 3.8) is 0 Å². The summed E-state index contributed by atoms with van der Waals surface area (Å²) >= 11 is 0. The van der Waals surface area contributed by atoms with Gasteiger partial charge in [-0.3, -0.25) is 14.6 Å². The van der Waals surface area contributed by atoms with E-state index in [0.717, 1.165) is 23.8 Å². The number of hydrogen-bond donors (Lipinski definition) is 4. The first kappa shape index (κ1) is 31.9. The number of aryl methyl sites for hydroxylation is 1. The van der Waals surface area contributed by atoms with Gasteiger partial charge in [0.25, 0.3) is 5.91 Å². The Morgan fingerprint density at radius 1 is 1.06 bits per heavy atom. The van der Waals surface area contributed by atoms with E-state index in [1.807, 2.05) is 0 Å². The van der Waals surface area contributed by atoms with Crippen LogP contribution in [-0.4, -0.2) is 55.7 Å². The summed E-state index contributed by atoms with van der Waals surface area (Å²) in [6.45, 7) is 2.10. The van der Waals surface area contributed by atoms with Gasteiger partial charge in [0, 0.05) is 46.6 Å². The minimum atomic E-state index is -5.38. The van der Waals surface area contributed by atoms with Gasteiger partial charge in [-0.1, -0.05) is 6.92 Å². The first-order valence-corrected chi connectivity index (χ1v) is 15.0. The SMILES string of the molecule is Cc1cnc2c(Nc3ncccn3)cc(C(=O)NCC(O)(c3cc4c(c(-c5ccc(F)cc5)n3)OC3C(C)[C@@]43C(N)=O)C(F)(F)F)cc2c1. The third kappa shape index (κ3) is 5.08. The predicted octanol–water partition coefficient (Wildman–Crippen LogP) is 4.59. The van der Waals surface area contributed by atoms with Gasteiger partial charge in [0.2, 0.25) is 17.5 Å². The Bertz CT molecular complexity index is 2150. The highest BCUT2D eigenvalue weighted by Crippen LogP contribution is 2.65. The molecule has 5 aromatic rings. The molecule has 5 N–H and O–H groups in total. The van der Waals surface area contributed by atoms with E-state index in [-0.39, 0.29) is 34.1 Å². The monoisotopic (exact) mass is 673 g/mol. The van der Waals surface area contributed by atoms with Gasteiger partial charge >= 0.3 is 6.18 Å². The van der Waals surface area contributed by atoms with E-state index in [1.54, 1.807) is 32.2 Å². The zero-order valence-electron chi connectivity index (χ0n) is 25.8. The van der Waals surface area contributed by atoms with Crippen LogP contribution in [0, 0.1) is 18.7 Å². The summed E-state index contributed by atoms with van der Waals surface area (Å²) in [6, 6.07) is 11.9. The second kappa shape index (κ2) is 11.2. The van der Waals surface area contributed by atoms with Crippen molar-refractivity contribution in [1.82, 2.24) is 25.3 Å². The largest absolute Gasteiger partial charge is 0.486 e. The predicted molar refractivity (Wildman–Crippen MR) is 168 cm³/mol. The molecule has 2 amide bonds. The van der Waals surface area contributed by atoms with Crippen LogP contribution in [0.5, 0.6) is 5.75 Å². The van der Waals surface area contributed by atoms with E-state index in [1.165, 1.54) is 36.7 Å². The number of alkyl halides is 3. The van der Waals surface area contributed by atoms with Crippen molar-refractivity contribution in [3.05, 3.63) is 101 Å². The summed E-state index contributed by atoms with van der Waals surface area (Å²) in [5.41, 5.74) is 1.15. The number of nitrogens with one attached hydrogen (secondary N) is 2. The van der Waals surface area contributed by atoms with E-state index >= 15 is 0 Å². The number of ether oxygens (including phenoxy) is 1. The Labute approximate surface area is 275 Å². The maximum Gasteiger partial charge on any atom is 0.424 e. The second-order valence-electron chi connectivity index (χ2n) is 12.1. The molecule has 250 valence electrons.